The van der Waals surface area contributed by atoms with Crippen LogP contribution in [0.25, 0.3) is 0 Å². The summed E-state index contributed by atoms with van der Waals surface area (Å²) < 4.78 is 5.76. The third-order valence-electron chi connectivity index (χ3n) is 5.67. The van der Waals surface area contributed by atoms with Gasteiger partial charge in [0.15, 0.2) is 0 Å². The molecule has 1 heterocycles. The van der Waals surface area contributed by atoms with Crippen molar-refractivity contribution >= 4 is 0 Å². The second-order valence-electron chi connectivity index (χ2n) is 7.75. The van der Waals surface area contributed by atoms with Crippen LogP contribution in [0.5, 0.6) is 5.75 Å². The molecule has 1 aliphatic rings. The highest BCUT2D eigenvalue weighted by atomic mass is 16.5. The van der Waals surface area contributed by atoms with Crippen molar-refractivity contribution in [2.45, 2.75) is 51.0 Å². The largest absolute Gasteiger partial charge is 0.494 e. The van der Waals surface area contributed by atoms with Crippen molar-refractivity contribution in [3.05, 3.63) is 65.7 Å². The van der Waals surface area contributed by atoms with Crippen molar-refractivity contribution in [2.75, 3.05) is 26.2 Å². The zero-order chi connectivity index (χ0) is 18.9. The zero-order valence-electron chi connectivity index (χ0n) is 16.6. The lowest BCUT2D eigenvalue weighted by atomic mass is 9.88. The summed E-state index contributed by atoms with van der Waals surface area (Å²) in [5, 5.41) is 11.2. The number of nitrogens with one attached hydrogen (secondary N) is 1. The number of benzene rings is 2. The molecule has 2 aromatic carbocycles. The minimum Gasteiger partial charge on any atom is -0.494 e. The third kappa shape index (κ3) is 5.82. The molecule has 1 aliphatic heterocycles. The SMILES string of the molecule is CCCCOc1ccc([C@@H](O)[C@H](C[NH+]2CCCCC2)c2ccccc2)cc1. The maximum Gasteiger partial charge on any atom is 0.119 e. The normalized spacial score (nSPS) is 17.4. The Balaban J connectivity index is 1.72. The average molecular weight is 369 g/mol. The van der Waals surface area contributed by atoms with Crippen molar-refractivity contribution in [1.82, 2.24) is 0 Å². The summed E-state index contributed by atoms with van der Waals surface area (Å²) >= 11 is 0. The molecule has 1 fully saturated rings. The molecule has 0 unspecified atom stereocenters. The van der Waals surface area contributed by atoms with Crippen LogP contribution < -0.4 is 9.64 Å². The number of likely N-dealkylation sites (tertiary alicyclic amines) is 1. The summed E-state index contributed by atoms with van der Waals surface area (Å²) in [6, 6.07) is 18.5. The fraction of sp³-hybridized carbons (Fsp3) is 0.500. The van der Waals surface area contributed by atoms with Crippen molar-refractivity contribution < 1.29 is 14.7 Å². The van der Waals surface area contributed by atoms with Gasteiger partial charge in [0.2, 0.25) is 0 Å². The summed E-state index contributed by atoms with van der Waals surface area (Å²) in [7, 11) is 0. The molecule has 1 saturated heterocycles. The van der Waals surface area contributed by atoms with Crippen molar-refractivity contribution in [3.63, 3.8) is 0 Å². The van der Waals surface area contributed by atoms with Crippen molar-refractivity contribution in [1.29, 1.82) is 0 Å². The first-order valence-electron chi connectivity index (χ1n) is 10.6. The zero-order valence-corrected chi connectivity index (χ0v) is 16.6. The van der Waals surface area contributed by atoms with Gasteiger partial charge in [-0.3, -0.25) is 0 Å². The van der Waals surface area contributed by atoms with E-state index in [-0.39, 0.29) is 5.92 Å². The van der Waals surface area contributed by atoms with Crippen LogP contribution in [0.15, 0.2) is 54.6 Å². The topological polar surface area (TPSA) is 33.9 Å². The highest BCUT2D eigenvalue weighted by Crippen LogP contribution is 2.31. The summed E-state index contributed by atoms with van der Waals surface area (Å²) in [6.45, 7) is 6.35. The van der Waals surface area contributed by atoms with Gasteiger partial charge < -0.3 is 14.7 Å². The van der Waals surface area contributed by atoms with E-state index in [0.29, 0.717) is 0 Å². The Bertz CT molecular complexity index is 650. The molecule has 3 heteroatoms. The van der Waals surface area contributed by atoms with Crippen LogP contribution in [-0.4, -0.2) is 31.3 Å². The van der Waals surface area contributed by atoms with E-state index in [1.54, 1.807) is 4.90 Å². The van der Waals surface area contributed by atoms with Gasteiger partial charge in [0, 0.05) is 0 Å². The van der Waals surface area contributed by atoms with E-state index in [4.69, 9.17) is 4.74 Å². The quantitative estimate of drug-likeness (QED) is 0.661. The molecule has 2 atom stereocenters. The third-order valence-corrected chi connectivity index (χ3v) is 5.67. The van der Waals surface area contributed by atoms with Crippen LogP contribution in [0.3, 0.4) is 0 Å². The van der Waals surface area contributed by atoms with Crippen LogP contribution in [0.2, 0.25) is 0 Å². The molecule has 0 radical (unpaired) electrons. The van der Waals surface area contributed by atoms with Gasteiger partial charge in [-0.2, -0.15) is 0 Å². The molecular weight excluding hydrogens is 334 g/mol. The van der Waals surface area contributed by atoms with Crippen molar-refractivity contribution in [2.24, 2.45) is 0 Å². The number of hydrogen-bond acceptors (Lipinski definition) is 2. The van der Waals surface area contributed by atoms with Gasteiger partial charge in [-0.1, -0.05) is 55.8 Å². The molecule has 0 saturated carbocycles. The van der Waals surface area contributed by atoms with Gasteiger partial charge in [0.25, 0.3) is 0 Å². The van der Waals surface area contributed by atoms with Gasteiger partial charge in [0.05, 0.1) is 38.3 Å². The Morgan fingerprint density at radius 1 is 0.926 bits per heavy atom. The summed E-state index contributed by atoms with van der Waals surface area (Å²) in [5.74, 6) is 1.00. The number of aliphatic hydroxyl groups is 1. The Labute approximate surface area is 164 Å². The minimum absolute atomic E-state index is 0.117. The first-order valence-corrected chi connectivity index (χ1v) is 10.6. The lowest BCUT2D eigenvalue weighted by molar-refractivity contribution is -0.906. The molecule has 2 aromatic rings. The first kappa shape index (κ1) is 19.9. The fourth-order valence-corrected chi connectivity index (χ4v) is 4.01. The molecule has 146 valence electrons. The van der Waals surface area contributed by atoms with E-state index in [1.807, 2.05) is 30.3 Å². The molecule has 3 rings (SSSR count). The Morgan fingerprint density at radius 2 is 1.63 bits per heavy atom. The molecule has 0 aliphatic carbocycles. The summed E-state index contributed by atoms with van der Waals surface area (Å²) in [5.41, 5.74) is 2.20. The van der Waals surface area contributed by atoms with E-state index in [0.717, 1.165) is 37.3 Å². The predicted octanol–water partition coefficient (Wildman–Crippen LogP) is 3.75. The lowest BCUT2D eigenvalue weighted by Gasteiger charge is -2.30. The maximum atomic E-state index is 11.2. The Morgan fingerprint density at radius 3 is 2.30 bits per heavy atom. The molecule has 27 heavy (non-hydrogen) atoms. The van der Waals surface area contributed by atoms with E-state index in [1.165, 1.54) is 37.9 Å². The standard InChI is InChI=1S/C24H33NO2/c1-2-3-18-27-22-14-12-21(13-15-22)24(26)23(20-10-6-4-7-11-20)19-25-16-8-5-9-17-25/h4,6-7,10-15,23-24,26H,2-3,5,8-9,16-19H2,1H3/p+1/t23-,24-/m1/s1. The van der Waals surface area contributed by atoms with Gasteiger partial charge in [-0.05, 0) is 48.9 Å². The number of piperidine rings is 1. The Kier molecular flexibility index (Phi) is 7.73. The molecule has 2 N–H and O–H groups in total. The predicted molar refractivity (Wildman–Crippen MR) is 110 cm³/mol. The maximum absolute atomic E-state index is 11.2. The second kappa shape index (κ2) is 10.5. The van der Waals surface area contributed by atoms with E-state index in [9.17, 15) is 5.11 Å². The monoisotopic (exact) mass is 368 g/mol. The molecule has 0 bridgehead atoms. The van der Waals surface area contributed by atoms with Crippen LogP contribution in [-0.2, 0) is 0 Å². The van der Waals surface area contributed by atoms with Crippen LogP contribution in [0.1, 0.15) is 62.2 Å². The average Bonchev–Trinajstić information content (AvgIpc) is 2.74. The summed E-state index contributed by atoms with van der Waals surface area (Å²) in [6.07, 6.45) is 5.66. The lowest BCUT2D eigenvalue weighted by Crippen LogP contribution is -3.13. The number of unbranched alkanes of at least 4 members (excludes halogenated alkanes) is 1. The first-order chi connectivity index (χ1) is 13.3. The highest BCUT2D eigenvalue weighted by Gasteiger charge is 2.28. The number of quaternary nitrogens is 1. The van der Waals surface area contributed by atoms with E-state index >= 15 is 0 Å². The Hall–Kier alpha value is -1.84. The van der Waals surface area contributed by atoms with E-state index < -0.39 is 6.10 Å². The molecular formula is C24H34NO2+. The fourth-order valence-electron chi connectivity index (χ4n) is 4.01. The van der Waals surface area contributed by atoms with Gasteiger partial charge in [-0.25, -0.2) is 0 Å². The molecule has 0 aromatic heterocycles. The smallest absolute Gasteiger partial charge is 0.119 e. The van der Waals surface area contributed by atoms with Crippen molar-refractivity contribution in [3.8, 4) is 5.75 Å². The number of aliphatic hydroxyl groups excluding tert-OH is 1. The molecule has 3 nitrogen and oxygen atoms in total. The van der Waals surface area contributed by atoms with Gasteiger partial charge in [-0.15, -0.1) is 0 Å². The van der Waals surface area contributed by atoms with Crippen LogP contribution >= 0.6 is 0 Å². The molecule has 0 spiro atoms. The number of rotatable bonds is 9. The summed E-state index contributed by atoms with van der Waals surface area (Å²) in [4.78, 5) is 1.62. The number of hydrogen-bond donors (Lipinski definition) is 2. The van der Waals surface area contributed by atoms with Gasteiger partial charge in [0.1, 0.15) is 5.75 Å². The van der Waals surface area contributed by atoms with E-state index in [2.05, 4.69) is 31.2 Å². The second-order valence-corrected chi connectivity index (χ2v) is 7.75. The highest BCUT2D eigenvalue weighted by molar-refractivity contribution is 5.31. The number of ether oxygens (including phenoxy) is 1. The van der Waals surface area contributed by atoms with Gasteiger partial charge >= 0.3 is 0 Å². The van der Waals surface area contributed by atoms with Crippen LogP contribution in [0.4, 0.5) is 0 Å². The minimum atomic E-state index is -0.494. The van der Waals surface area contributed by atoms with Crippen LogP contribution in [0, 0.1) is 0 Å². The molecule has 0 amide bonds.